The van der Waals surface area contributed by atoms with E-state index in [4.69, 9.17) is 26.9 Å². The number of ether oxygens (including phenoxy) is 2. The van der Waals surface area contributed by atoms with Crippen molar-refractivity contribution in [3.63, 3.8) is 0 Å². The van der Waals surface area contributed by atoms with Crippen LogP contribution in [-0.4, -0.2) is 33.4 Å². The Bertz CT molecular complexity index is 1410. The van der Waals surface area contributed by atoms with Crippen LogP contribution in [0.5, 0.6) is 5.88 Å². The molecule has 2 aromatic heterocycles. The van der Waals surface area contributed by atoms with E-state index in [0.717, 1.165) is 23.9 Å². The number of nitrogen functional groups attached to an aromatic ring is 1. The number of hydrogen-bond acceptors (Lipinski definition) is 8. The lowest BCUT2D eigenvalue weighted by Gasteiger charge is -2.15. The molecule has 0 atom stereocenters. The van der Waals surface area contributed by atoms with Crippen LogP contribution in [0.2, 0.25) is 5.02 Å². The van der Waals surface area contributed by atoms with Gasteiger partial charge >= 0.3 is 17.8 Å². The smallest absolute Gasteiger partial charge is 0.433 e. The molecule has 1 aromatic carbocycles. The lowest BCUT2D eigenvalue weighted by Crippen LogP contribution is -2.45. The monoisotopic (exact) mass is 548 g/mol. The molecule has 0 bridgehead atoms. The van der Waals surface area contributed by atoms with Crippen LogP contribution in [0.3, 0.4) is 0 Å². The van der Waals surface area contributed by atoms with Crippen LogP contribution in [-0.2, 0) is 15.7 Å². The average molecular weight is 549 g/mol. The molecule has 0 spiro atoms. The molecule has 0 saturated heterocycles. The number of esters is 1. The van der Waals surface area contributed by atoms with Crippen LogP contribution in [0.1, 0.15) is 19.0 Å². The van der Waals surface area contributed by atoms with Gasteiger partial charge in [-0.05, 0) is 31.2 Å². The van der Waals surface area contributed by atoms with E-state index in [0.29, 0.717) is 4.90 Å². The number of nitrogens with zero attached hydrogens (tertiary/aromatic N) is 3. The highest BCUT2D eigenvalue weighted by atomic mass is 35.5. The molecule has 15 heteroatoms. The Morgan fingerprint density at radius 3 is 2.61 bits per heavy atom. The van der Waals surface area contributed by atoms with Crippen molar-refractivity contribution in [2.75, 3.05) is 19.1 Å². The van der Waals surface area contributed by atoms with E-state index in [1.807, 2.05) is 0 Å². The van der Waals surface area contributed by atoms with E-state index >= 15 is 0 Å². The maximum atomic E-state index is 14.7. The minimum Gasteiger partial charge on any atom is -0.476 e. The van der Waals surface area contributed by atoms with Crippen LogP contribution in [0.25, 0.3) is 5.69 Å². The predicted molar refractivity (Wildman–Crippen MR) is 122 cm³/mol. The molecule has 0 unspecified atom stereocenters. The number of nitrogens with two attached hydrogens (primary N) is 1. The molecule has 0 radical (unpaired) electrons. The summed E-state index contributed by atoms with van der Waals surface area (Å²) in [5.41, 5.74) is -5.43. The molecule has 0 aliphatic heterocycles. The van der Waals surface area contributed by atoms with Crippen molar-refractivity contribution < 1.29 is 31.8 Å². The number of aromatic nitrogens is 3. The van der Waals surface area contributed by atoms with Crippen molar-refractivity contribution in [1.29, 1.82) is 0 Å². The summed E-state index contributed by atoms with van der Waals surface area (Å²) in [4.78, 5) is 40.9. The fourth-order valence-electron chi connectivity index (χ4n) is 2.91. The summed E-state index contributed by atoms with van der Waals surface area (Å²) in [6, 6.07) is 5.02. The quantitative estimate of drug-likeness (QED) is 0.258. The highest BCUT2D eigenvalue weighted by molar-refractivity contribution is 7.99. The third-order valence-corrected chi connectivity index (χ3v) is 5.99. The number of carbonyl (C=O) groups excluding carboxylic acids is 1. The average Bonchev–Trinajstić information content (AvgIpc) is 2.79. The standard InChI is InChI=1S/C21H17ClF4N4O5S/c1-2-34-18(32)5-7-35-19-14(4-3-6-28-19)36-15-9-13(12(23)8-11(15)22)29-17(31)10-16(21(24,25)26)30(27)20(29)33/h3-4,6,8-10H,2,5,7,27H2,1H3. The Kier molecular flexibility index (Phi) is 8.30. The molecule has 2 N–H and O–H groups in total. The molecule has 0 aliphatic carbocycles. The van der Waals surface area contributed by atoms with Gasteiger partial charge < -0.3 is 15.3 Å². The molecule has 0 saturated carbocycles. The van der Waals surface area contributed by atoms with Crippen molar-refractivity contribution in [2.45, 2.75) is 29.3 Å². The molecular formula is C21H17ClF4N4O5S. The van der Waals surface area contributed by atoms with Crippen molar-refractivity contribution in [3.8, 4) is 11.6 Å². The lowest BCUT2D eigenvalue weighted by atomic mass is 10.3. The van der Waals surface area contributed by atoms with E-state index in [1.54, 1.807) is 19.1 Å². The molecule has 0 aliphatic rings. The Morgan fingerprint density at radius 2 is 1.94 bits per heavy atom. The van der Waals surface area contributed by atoms with Gasteiger partial charge in [0.15, 0.2) is 5.69 Å². The van der Waals surface area contributed by atoms with Crippen LogP contribution >= 0.6 is 23.4 Å². The van der Waals surface area contributed by atoms with E-state index in [-0.39, 0.29) is 50.7 Å². The minimum atomic E-state index is -5.09. The first-order valence-electron chi connectivity index (χ1n) is 10.1. The Hall–Kier alpha value is -3.52. The van der Waals surface area contributed by atoms with E-state index in [1.165, 1.54) is 6.20 Å². The maximum absolute atomic E-state index is 14.7. The van der Waals surface area contributed by atoms with Gasteiger partial charge in [0, 0.05) is 17.2 Å². The SMILES string of the molecule is CCOC(=O)CCOc1ncccc1Sc1cc(-n2c(=O)cc(C(F)(F)F)n(N)c2=O)c(F)cc1Cl. The molecule has 0 amide bonds. The minimum absolute atomic E-state index is 0.0435. The van der Waals surface area contributed by atoms with Gasteiger partial charge in [-0.15, -0.1) is 0 Å². The fraction of sp³-hybridized carbons (Fsp3) is 0.238. The van der Waals surface area contributed by atoms with Gasteiger partial charge in [-0.25, -0.2) is 23.4 Å². The van der Waals surface area contributed by atoms with E-state index in [9.17, 15) is 31.9 Å². The van der Waals surface area contributed by atoms with Gasteiger partial charge in [-0.3, -0.25) is 9.59 Å². The summed E-state index contributed by atoms with van der Waals surface area (Å²) in [6.45, 7) is 1.82. The summed E-state index contributed by atoms with van der Waals surface area (Å²) >= 11 is 7.05. The maximum Gasteiger partial charge on any atom is 0.433 e. The topological polar surface area (TPSA) is 118 Å². The van der Waals surface area contributed by atoms with Crippen molar-refractivity contribution in [2.24, 2.45) is 0 Å². The summed E-state index contributed by atoms with van der Waals surface area (Å²) < 4.78 is 64.1. The Balaban J connectivity index is 1.99. The number of carbonyl (C=O) groups is 1. The number of hydrogen-bond donors (Lipinski definition) is 1. The zero-order valence-corrected chi connectivity index (χ0v) is 19.9. The van der Waals surface area contributed by atoms with Gasteiger partial charge in [-0.2, -0.15) is 13.2 Å². The fourth-order valence-corrected chi connectivity index (χ4v) is 4.08. The second-order valence-corrected chi connectivity index (χ2v) is 8.39. The van der Waals surface area contributed by atoms with Crippen molar-refractivity contribution in [3.05, 3.63) is 73.9 Å². The van der Waals surface area contributed by atoms with Gasteiger partial charge in [-0.1, -0.05) is 23.4 Å². The van der Waals surface area contributed by atoms with Crippen LogP contribution in [0, 0.1) is 5.82 Å². The number of halogens is 5. The van der Waals surface area contributed by atoms with Crippen LogP contribution < -0.4 is 21.8 Å². The first-order chi connectivity index (χ1) is 16.9. The normalized spacial score (nSPS) is 11.4. The highest BCUT2D eigenvalue weighted by Gasteiger charge is 2.36. The van der Waals surface area contributed by atoms with Gasteiger partial charge in [0.1, 0.15) is 12.4 Å². The van der Waals surface area contributed by atoms with Crippen molar-refractivity contribution >= 4 is 29.3 Å². The third-order valence-electron chi connectivity index (χ3n) is 4.48. The Labute approximate surface area is 209 Å². The van der Waals surface area contributed by atoms with Crippen LogP contribution in [0.4, 0.5) is 17.6 Å². The number of benzene rings is 1. The van der Waals surface area contributed by atoms with E-state index in [2.05, 4.69) is 4.98 Å². The van der Waals surface area contributed by atoms with Gasteiger partial charge in [0.05, 0.1) is 28.6 Å². The number of pyridine rings is 1. The molecule has 2 heterocycles. The van der Waals surface area contributed by atoms with E-state index < -0.39 is 40.6 Å². The molecule has 36 heavy (non-hydrogen) atoms. The number of rotatable bonds is 8. The lowest BCUT2D eigenvalue weighted by molar-refractivity contribution is -0.144. The largest absolute Gasteiger partial charge is 0.476 e. The Morgan fingerprint density at radius 1 is 1.22 bits per heavy atom. The summed E-state index contributed by atoms with van der Waals surface area (Å²) in [5.74, 6) is 3.72. The molecule has 3 aromatic rings. The summed E-state index contributed by atoms with van der Waals surface area (Å²) in [6.07, 6.45) is -3.71. The first kappa shape index (κ1) is 27.1. The summed E-state index contributed by atoms with van der Waals surface area (Å²) in [5, 5.41) is -0.129. The number of alkyl halides is 3. The summed E-state index contributed by atoms with van der Waals surface area (Å²) in [7, 11) is 0. The van der Waals surface area contributed by atoms with Crippen molar-refractivity contribution in [1.82, 2.24) is 14.2 Å². The van der Waals surface area contributed by atoms with Gasteiger partial charge in [0.25, 0.3) is 5.56 Å². The second kappa shape index (κ2) is 11.0. The third kappa shape index (κ3) is 5.99. The molecule has 192 valence electrons. The first-order valence-corrected chi connectivity index (χ1v) is 11.3. The zero-order valence-electron chi connectivity index (χ0n) is 18.3. The predicted octanol–water partition coefficient (Wildman–Crippen LogP) is 3.40. The zero-order chi connectivity index (χ0) is 26.6. The van der Waals surface area contributed by atoms with Gasteiger partial charge in [0.2, 0.25) is 5.88 Å². The molecule has 3 rings (SSSR count). The molecule has 0 fully saturated rings. The van der Waals surface area contributed by atoms with Crippen LogP contribution in [0.15, 0.2) is 55.9 Å². The highest BCUT2D eigenvalue weighted by Crippen LogP contribution is 2.39. The molecule has 9 nitrogen and oxygen atoms in total. The second-order valence-electron chi connectivity index (χ2n) is 6.90. The molecular weight excluding hydrogens is 532 g/mol.